The predicted octanol–water partition coefficient (Wildman–Crippen LogP) is 3.51. The molecule has 0 radical (unpaired) electrons. The first-order valence-corrected chi connectivity index (χ1v) is 7.74. The lowest BCUT2D eigenvalue weighted by atomic mass is 10.1. The molecule has 3 heteroatoms. The van der Waals surface area contributed by atoms with E-state index >= 15 is 0 Å². The van der Waals surface area contributed by atoms with Crippen LogP contribution in [0.1, 0.15) is 24.0 Å². The Morgan fingerprint density at radius 3 is 2.68 bits per heavy atom. The third-order valence-electron chi connectivity index (χ3n) is 3.39. The van der Waals surface area contributed by atoms with Crippen molar-refractivity contribution in [1.82, 2.24) is 5.32 Å². The van der Waals surface area contributed by atoms with Gasteiger partial charge in [-0.05, 0) is 43.0 Å². The van der Waals surface area contributed by atoms with Gasteiger partial charge >= 0.3 is 0 Å². The van der Waals surface area contributed by atoms with Gasteiger partial charge in [-0.2, -0.15) is 0 Å². The van der Waals surface area contributed by atoms with E-state index in [4.69, 9.17) is 4.74 Å². The Morgan fingerprint density at radius 2 is 1.91 bits per heavy atom. The molecular formula is C19H23NO2. The second kappa shape index (κ2) is 8.88. The molecule has 0 aromatic heterocycles. The zero-order chi connectivity index (χ0) is 15.6. The zero-order valence-corrected chi connectivity index (χ0v) is 13.0. The van der Waals surface area contributed by atoms with E-state index in [0.29, 0.717) is 19.6 Å². The van der Waals surface area contributed by atoms with Gasteiger partial charge in [0.2, 0.25) is 5.91 Å². The fourth-order valence-corrected chi connectivity index (χ4v) is 2.21. The standard InChI is InChI=1S/C19H23NO2/c1-16-7-5-10-18(15-16)22-14-6-11-19(21)20-13-12-17-8-3-2-4-9-17/h2-5,7-10,15H,6,11-14H2,1H3,(H,20,21). The Kier molecular flexibility index (Phi) is 6.49. The lowest BCUT2D eigenvalue weighted by Gasteiger charge is -2.07. The van der Waals surface area contributed by atoms with Gasteiger partial charge in [0, 0.05) is 13.0 Å². The summed E-state index contributed by atoms with van der Waals surface area (Å²) in [5.74, 6) is 0.952. The molecule has 0 saturated heterocycles. The zero-order valence-electron chi connectivity index (χ0n) is 13.0. The van der Waals surface area contributed by atoms with Crippen LogP contribution in [0.5, 0.6) is 5.75 Å². The van der Waals surface area contributed by atoms with Crippen LogP contribution in [-0.2, 0) is 11.2 Å². The summed E-state index contributed by atoms with van der Waals surface area (Å²) in [7, 11) is 0. The quantitative estimate of drug-likeness (QED) is 0.757. The summed E-state index contributed by atoms with van der Waals surface area (Å²) in [6, 6.07) is 18.1. The third kappa shape index (κ3) is 6.00. The molecule has 2 aromatic rings. The van der Waals surface area contributed by atoms with E-state index in [0.717, 1.165) is 18.6 Å². The fraction of sp³-hybridized carbons (Fsp3) is 0.316. The maximum atomic E-state index is 11.7. The van der Waals surface area contributed by atoms with Gasteiger partial charge in [-0.3, -0.25) is 4.79 Å². The van der Waals surface area contributed by atoms with Gasteiger partial charge < -0.3 is 10.1 Å². The minimum Gasteiger partial charge on any atom is -0.494 e. The predicted molar refractivity (Wildman–Crippen MR) is 89.1 cm³/mol. The monoisotopic (exact) mass is 297 g/mol. The molecule has 0 aliphatic rings. The van der Waals surface area contributed by atoms with Crippen LogP contribution in [0.25, 0.3) is 0 Å². The van der Waals surface area contributed by atoms with Gasteiger partial charge in [-0.15, -0.1) is 0 Å². The molecule has 0 saturated carbocycles. The average Bonchev–Trinajstić information content (AvgIpc) is 2.53. The molecule has 0 fully saturated rings. The number of rotatable bonds is 8. The Morgan fingerprint density at radius 1 is 1.09 bits per heavy atom. The van der Waals surface area contributed by atoms with Crippen LogP contribution in [-0.4, -0.2) is 19.1 Å². The maximum absolute atomic E-state index is 11.7. The molecule has 0 unspecified atom stereocenters. The Bertz CT molecular complexity index is 581. The highest BCUT2D eigenvalue weighted by molar-refractivity contribution is 5.75. The minimum absolute atomic E-state index is 0.0868. The van der Waals surface area contributed by atoms with Crippen molar-refractivity contribution >= 4 is 5.91 Å². The van der Waals surface area contributed by atoms with Crippen LogP contribution in [0.15, 0.2) is 54.6 Å². The number of carbonyl (C=O) groups excluding carboxylic acids is 1. The molecule has 1 amide bonds. The van der Waals surface area contributed by atoms with Gasteiger partial charge in [0.15, 0.2) is 0 Å². The van der Waals surface area contributed by atoms with E-state index in [9.17, 15) is 4.79 Å². The SMILES string of the molecule is Cc1cccc(OCCCC(=O)NCCc2ccccc2)c1. The van der Waals surface area contributed by atoms with E-state index in [2.05, 4.69) is 17.4 Å². The number of ether oxygens (including phenoxy) is 1. The van der Waals surface area contributed by atoms with Crippen molar-refractivity contribution in [1.29, 1.82) is 0 Å². The minimum atomic E-state index is 0.0868. The normalized spacial score (nSPS) is 10.2. The smallest absolute Gasteiger partial charge is 0.220 e. The van der Waals surface area contributed by atoms with Crippen LogP contribution in [0.2, 0.25) is 0 Å². The first-order valence-electron chi connectivity index (χ1n) is 7.74. The number of aryl methyl sites for hydroxylation is 1. The van der Waals surface area contributed by atoms with Crippen LogP contribution >= 0.6 is 0 Å². The van der Waals surface area contributed by atoms with E-state index in [-0.39, 0.29) is 5.91 Å². The Hall–Kier alpha value is -2.29. The van der Waals surface area contributed by atoms with Crippen molar-refractivity contribution in [3.8, 4) is 5.75 Å². The maximum Gasteiger partial charge on any atom is 0.220 e. The number of benzene rings is 2. The molecular weight excluding hydrogens is 274 g/mol. The summed E-state index contributed by atoms with van der Waals surface area (Å²) in [5.41, 5.74) is 2.42. The molecule has 0 bridgehead atoms. The topological polar surface area (TPSA) is 38.3 Å². The molecule has 0 spiro atoms. The molecule has 0 aliphatic carbocycles. The van der Waals surface area contributed by atoms with E-state index in [1.807, 2.05) is 49.4 Å². The summed E-state index contributed by atoms with van der Waals surface area (Å²) in [6.07, 6.45) is 2.10. The first kappa shape index (κ1) is 16.1. The largest absolute Gasteiger partial charge is 0.494 e. The van der Waals surface area contributed by atoms with Crippen molar-refractivity contribution < 1.29 is 9.53 Å². The number of nitrogens with one attached hydrogen (secondary N) is 1. The van der Waals surface area contributed by atoms with E-state index < -0.39 is 0 Å². The highest BCUT2D eigenvalue weighted by atomic mass is 16.5. The lowest BCUT2D eigenvalue weighted by Crippen LogP contribution is -2.25. The van der Waals surface area contributed by atoms with Gasteiger partial charge in [0.1, 0.15) is 5.75 Å². The van der Waals surface area contributed by atoms with Gasteiger partial charge in [0.25, 0.3) is 0 Å². The summed E-state index contributed by atoms with van der Waals surface area (Å²) in [6.45, 7) is 3.28. The van der Waals surface area contributed by atoms with Gasteiger partial charge in [0.05, 0.1) is 6.61 Å². The third-order valence-corrected chi connectivity index (χ3v) is 3.39. The van der Waals surface area contributed by atoms with Gasteiger partial charge in [-0.1, -0.05) is 42.5 Å². The van der Waals surface area contributed by atoms with Crippen molar-refractivity contribution in [2.24, 2.45) is 0 Å². The molecule has 116 valence electrons. The number of amides is 1. The fourth-order valence-electron chi connectivity index (χ4n) is 2.21. The highest BCUT2D eigenvalue weighted by Gasteiger charge is 2.01. The van der Waals surface area contributed by atoms with E-state index in [1.54, 1.807) is 0 Å². The summed E-state index contributed by atoms with van der Waals surface area (Å²) >= 11 is 0. The molecule has 0 aliphatic heterocycles. The summed E-state index contributed by atoms with van der Waals surface area (Å²) in [5, 5.41) is 2.94. The molecule has 0 atom stereocenters. The average molecular weight is 297 g/mol. The molecule has 2 rings (SSSR count). The van der Waals surface area contributed by atoms with Gasteiger partial charge in [-0.25, -0.2) is 0 Å². The Balaban J connectivity index is 1.56. The number of hydrogen-bond donors (Lipinski definition) is 1. The summed E-state index contributed by atoms with van der Waals surface area (Å²) in [4.78, 5) is 11.7. The second-order valence-electron chi connectivity index (χ2n) is 5.35. The molecule has 2 aromatic carbocycles. The highest BCUT2D eigenvalue weighted by Crippen LogP contribution is 2.12. The van der Waals surface area contributed by atoms with Crippen LogP contribution in [0, 0.1) is 6.92 Å². The molecule has 1 N–H and O–H groups in total. The lowest BCUT2D eigenvalue weighted by molar-refractivity contribution is -0.121. The summed E-state index contributed by atoms with van der Waals surface area (Å²) < 4.78 is 5.63. The van der Waals surface area contributed by atoms with Crippen molar-refractivity contribution in [2.45, 2.75) is 26.2 Å². The first-order chi connectivity index (χ1) is 10.7. The van der Waals surface area contributed by atoms with Crippen molar-refractivity contribution in [3.63, 3.8) is 0 Å². The Labute approximate surface area is 132 Å². The number of hydrogen-bond acceptors (Lipinski definition) is 2. The van der Waals surface area contributed by atoms with Crippen molar-refractivity contribution in [2.75, 3.05) is 13.2 Å². The van der Waals surface area contributed by atoms with Crippen LogP contribution in [0.3, 0.4) is 0 Å². The molecule has 22 heavy (non-hydrogen) atoms. The van der Waals surface area contributed by atoms with E-state index in [1.165, 1.54) is 11.1 Å². The van der Waals surface area contributed by atoms with Crippen LogP contribution < -0.4 is 10.1 Å². The molecule has 0 heterocycles. The van der Waals surface area contributed by atoms with Crippen molar-refractivity contribution in [3.05, 3.63) is 65.7 Å². The molecule has 3 nitrogen and oxygen atoms in total. The number of carbonyl (C=O) groups is 1. The second-order valence-corrected chi connectivity index (χ2v) is 5.35. The van der Waals surface area contributed by atoms with Crippen LogP contribution in [0.4, 0.5) is 0 Å².